The number of hydrogen-bond donors (Lipinski definition) is 1. The lowest BCUT2D eigenvalue weighted by Gasteiger charge is -2.32. The monoisotopic (exact) mass is 329 g/mol. The Morgan fingerprint density at radius 3 is 2.42 bits per heavy atom. The third-order valence-electron chi connectivity index (χ3n) is 5.09. The Morgan fingerprint density at radius 1 is 1.12 bits per heavy atom. The molecule has 0 saturated carbocycles. The molecule has 24 heavy (non-hydrogen) atoms. The van der Waals surface area contributed by atoms with Crippen LogP contribution in [0.5, 0.6) is 0 Å². The molecule has 2 fully saturated rings. The molecule has 6 nitrogen and oxygen atoms in total. The second kappa shape index (κ2) is 6.63. The summed E-state index contributed by atoms with van der Waals surface area (Å²) < 4.78 is 0. The van der Waals surface area contributed by atoms with Crippen LogP contribution >= 0.6 is 0 Å². The van der Waals surface area contributed by atoms with Gasteiger partial charge in [-0.25, -0.2) is 0 Å². The second-order valence-electron chi connectivity index (χ2n) is 6.69. The number of aryl methyl sites for hydroxylation is 1. The van der Waals surface area contributed by atoms with E-state index in [1.165, 1.54) is 0 Å². The van der Waals surface area contributed by atoms with Crippen molar-refractivity contribution in [3.63, 3.8) is 0 Å². The lowest BCUT2D eigenvalue weighted by Crippen LogP contribution is -2.44. The number of rotatable bonds is 3. The number of piperidine rings is 1. The molecule has 2 saturated heterocycles. The average molecular weight is 329 g/mol. The van der Waals surface area contributed by atoms with Gasteiger partial charge in [0.05, 0.1) is 5.92 Å². The number of benzene rings is 1. The highest BCUT2D eigenvalue weighted by Gasteiger charge is 2.38. The van der Waals surface area contributed by atoms with E-state index >= 15 is 0 Å². The molecule has 0 aliphatic carbocycles. The van der Waals surface area contributed by atoms with Crippen molar-refractivity contribution >= 4 is 23.4 Å². The Bertz CT molecular complexity index is 665. The third-order valence-corrected chi connectivity index (χ3v) is 5.09. The molecule has 128 valence electrons. The minimum Gasteiger partial charge on any atom is -0.369 e. The van der Waals surface area contributed by atoms with E-state index in [1.807, 2.05) is 31.2 Å². The summed E-state index contributed by atoms with van der Waals surface area (Å²) in [5.74, 6) is -0.717. The van der Waals surface area contributed by atoms with Crippen LogP contribution in [0.4, 0.5) is 5.69 Å². The standard InChI is InChI=1S/C18H23N3O3/c1-12-4-2-3-5-15(12)21-11-14(10-16(21)22)18(24)20-8-6-13(7-9-20)17(19)23/h2-5,13-14H,6-11H2,1H3,(H2,19,23). The predicted octanol–water partition coefficient (Wildman–Crippen LogP) is 1.07. The van der Waals surface area contributed by atoms with Crippen molar-refractivity contribution in [3.05, 3.63) is 29.8 Å². The number of anilines is 1. The fraction of sp³-hybridized carbons (Fsp3) is 0.500. The molecule has 2 aliphatic rings. The molecule has 0 aromatic heterocycles. The smallest absolute Gasteiger partial charge is 0.228 e. The van der Waals surface area contributed by atoms with Crippen LogP contribution in [-0.4, -0.2) is 42.3 Å². The van der Waals surface area contributed by atoms with Crippen molar-refractivity contribution in [2.24, 2.45) is 17.6 Å². The van der Waals surface area contributed by atoms with E-state index in [4.69, 9.17) is 5.73 Å². The van der Waals surface area contributed by atoms with Crippen molar-refractivity contribution < 1.29 is 14.4 Å². The zero-order chi connectivity index (χ0) is 17.3. The molecule has 6 heteroatoms. The van der Waals surface area contributed by atoms with Crippen LogP contribution in [0.3, 0.4) is 0 Å². The third kappa shape index (κ3) is 3.13. The van der Waals surface area contributed by atoms with Gasteiger partial charge in [0.25, 0.3) is 0 Å². The van der Waals surface area contributed by atoms with Gasteiger partial charge >= 0.3 is 0 Å². The molecule has 1 aromatic carbocycles. The maximum atomic E-state index is 12.7. The Labute approximate surface area is 141 Å². The van der Waals surface area contributed by atoms with Crippen molar-refractivity contribution in [2.75, 3.05) is 24.5 Å². The van der Waals surface area contributed by atoms with E-state index in [0.717, 1.165) is 11.3 Å². The predicted molar refractivity (Wildman–Crippen MR) is 90.1 cm³/mol. The van der Waals surface area contributed by atoms with Crippen LogP contribution in [0.1, 0.15) is 24.8 Å². The Balaban J connectivity index is 1.65. The number of nitrogens with zero attached hydrogens (tertiary/aromatic N) is 2. The van der Waals surface area contributed by atoms with E-state index in [9.17, 15) is 14.4 Å². The molecule has 3 rings (SSSR count). The van der Waals surface area contributed by atoms with E-state index < -0.39 is 0 Å². The van der Waals surface area contributed by atoms with Gasteiger partial charge in [-0.3, -0.25) is 14.4 Å². The summed E-state index contributed by atoms with van der Waals surface area (Å²) in [6.07, 6.45) is 1.48. The maximum absolute atomic E-state index is 12.7. The summed E-state index contributed by atoms with van der Waals surface area (Å²) in [4.78, 5) is 39.8. The minimum atomic E-state index is -0.303. The van der Waals surface area contributed by atoms with Gasteiger partial charge in [0.1, 0.15) is 0 Å². The molecule has 0 bridgehead atoms. The summed E-state index contributed by atoms with van der Waals surface area (Å²) >= 11 is 0. The molecule has 0 spiro atoms. The van der Waals surface area contributed by atoms with Crippen LogP contribution in [-0.2, 0) is 14.4 Å². The van der Waals surface area contributed by atoms with Gasteiger partial charge in [-0.15, -0.1) is 0 Å². The minimum absolute atomic E-state index is 0.00493. The molecule has 1 atom stereocenters. The highest BCUT2D eigenvalue weighted by molar-refractivity contribution is 6.00. The Hall–Kier alpha value is -2.37. The molecule has 1 aromatic rings. The summed E-state index contributed by atoms with van der Waals surface area (Å²) in [6.45, 7) is 3.48. The molecule has 0 radical (unpaired) electrons. The van der Waals surface area contributed by atoms with E-state index in [0.29, 0.717) is 32.5 Å². The summed E-state index contributed by atoms with van der Waals surface area (Å²) in [5.41, 5.74) is 7.24. The van der Waals surface area contributed by atoms with Gasteiger partial charge in [0, 0.05) is 37.7 Å². The van der Waals surface area contributed by atoms with E-state index in [-0.39, 0.29) is 36.0 Å². The van der Waals surface area contributed by atoms with E-state index in [2.05, 4.69) is 0 Å². The van der Waals surface area contributed by atoms with Crippen LogP contribution in [0.2, 0.25) is 0 Å². The fourth-order valence-corrected chi connectivity index (χ4v) is 3.61. The number of para-hydroxylation sites is 1. The van der Waals surface area contributed by atoms with Gasteiger partial charge in [0.2, 0.25) is 17.7 Å². The van der Waals surface area contributed by atoms with Crippen molar-refractivity contribution in [1.29, 1.82) is 0 Å². The summed E-state index contributed by atoms with van der Waals surface area (Å²) in [6, 6.07) is 7.72. The molecular weight excluding hydrogens is 306 g/mol. The molecule has 2 aliphatic heterocycles. The van der Waals surface area contributed by atoms with Gasteiger partial charge in [0.15, 0.2) is 0 Å². The SMILES string of the molecule is Cc1ccccc1N1CC(C(=O)N2CCC(C(N)=O)CC2)CC1=O. The fourth-order valence-electron chi connectivity index (χ4n) is 3.61. The van der Waals surface area contributed by atoms with Crippen LogP contribution in [0.25, 0.3) is 0 Å². The molecular formula is C18H23N3O3. The lowest BCUT2D eigenvalue weighted by atomic mass is 9.95. The quantitative estimate of drug-likeness (QED) is 0.900. The topological polar surface area (TPSA) is 83.7 Å². The zero-order valence-electron chi connectivity index (χ0n) is 13.9. The van der Waals surface area contributed by atoms with Crippen LogP contribution in [0, 0.1) is 18.8 Å². The van der Waals surface area contributed by atoms with Gasteiger partial charge < -0.3 is 15.5 Å². The second-order valence-corrected chi connectivity index (χ2v) is 6.69. The van der Waals surface area contributed by atoms with Gasteiger partial charge in [-0.05, 0) is 31.4 Å². The van der Waals surface area contributed by atoms with Crippen molar-refractivity contribution in [3.8, 4) is 0 Å². The van der Waals surface area contributed by atoms with Crippen molar-refractivity contribution in [1.82, 2.24) is 4.90 Å². The number of hydrogen-bond acceptors (Lipinski definition) is 3. The summed E-state index contributed by atoms with van der Waals surface area (Å²) in [7, 11) is 0. The molecule has 3 amide bonds. The molecule has 2 N–H and O–H groups in total. The first kappa shape index (κ1) is 16.5. The van der Waals surface area contributed by atoms with Gasteiger partial charge in [-0.2, -0.15) is 0 Å². The van der Waals surface area contributed by atoms with E-state index in [1.54, 1.807) is 9.80 Å². The van der Waals surface area contributed by atoms with Crippen LogP contribution < -0.4 is 10.6 Å². The summed E-state index contributed by atoms with van der Waals surface area (Å²) in [5, 5.41) is 0. The lowest BCUT2D eigenvalue weighted by molar-refractivity contribution is -0.138. The number of nitrogens with two attached hydrogens (primary N) is 1. The van der Waals surface area contributed by atoms with Crippen LogP contribution in [0.15, 0.2) is 24.3 Å². The first-order chi connectivity index (χ1) is 11.5. The Morgan fingerprint density at radius 2 is 1.79 bits per heavy atom. The van der Waals surface area contributed by atoms with Crippen molar-refractivity contribution in [2.45, 2.75) is 26.2 Å². The number of carbonyl (C=O) groups is 3. The zero-order valence-corrected chi connectivity index (χ0v) is 13.9. The maximum Gasteiger partial charge on any atom is 0.228 e. The highest BCUT2D eigenvalue weighted by Crippen LogP contribution is 2.29. The molecule has 2 heterocycles. The highest BCUT2D eigenvalue weighted by atomic mass is 16.2. The van der Waals surface area contributed by atoms with Gasteiger partial charge in [-0.1, -0.05) is 18.2 Å². The first-order valence-electron chi connectivity index (χ1n) is 8.41. The first-order valence-corrected chi connectivity index (χ1v) is 8.41. The molecule has 1 unspecified atom stereocenters. The normalized spacial score (nSPS) is 22.0. The number of primary amides is 1. The Kier molecular flexibility index (Phi) is 4.55. The number of amides is 3. The number of likely N-dealkylation sites (tertiary alicyclic amines) is 1. The average Bonchev–Trinajstić information content (AvgIpc) is 2.96. The number of carbonyl (C=O) groups excluding carboxylic acids is 3. The largest absolute Gasteiger partial charge is 0.369 e.